The van der Waals surface area contributed by atoms with E-state index in [9.17, 15) is 8.78 Å². The van der Waals surface area contributed by atoms with Gasteiger partial charge in [-0.15, -0.1) is 6.58 Å². The van der Waals surface area contributed by atoms with Crippen molar-refractivity contribution < 1.29 is 13.2 Å². The Morgan fingerprint density at radius 2 is 1.34 bits per heavy atom. The van der Waals surface area contributed by atoms with Crippen LogP contribution in [0.5, 0.6) is 0 Å². The summed E-state index contributed by atoms with van der Waals surface area (Å²) < 4.78 is 45.0. The van der Waals surface area contributed by atoms with Crippen LogP contribution in [0.3, 0.4) is 0 Å². The van der Waals surface area contributed by atoms with Gasteiger partial charge in [0.05, 0.1) is 0 Å². The molecule has 3 aromatic rings. The molecule has 216 valence electrons. The fraction of sp³-hybridized carbons (Fsp3) is 0.421. The lowest BCUT2D eigenvalue weighted by Crippen LogP contribution is -2.25. The van der Waals surface area contributed by atoms with Gasteiger partial charge in [-0.3, -0.25) is 0 Å². The molecule has 3 aromatic carbocycles. The summed E-state index contributed by atoms with van der Waals surface area (Å²) in [5.41, 5.74) is 3.69. The Kier molecular flexibility index (Phi) is 9.85. The largest absolute Gasteiger partial charge is 0.207 e. The lowest BCUT2D eigenvalue weighted by molar-refractivity contribution is 0.171. The number of allylic oxidation sites excluding steroid dienone is 3. The first-order chi connectivity index (χ1) is 20.0. The summed E-state index contributed by atoms with van der Waals surface area (Å²) in [7, 11) is 0. The highest BCUT2D eigenvalue weighted by Crippen LogP contribution is 2.44. The Morgan fingerprint density at radius 3 is 1.98 bits per heavy atom. The summed E-state index contributed by atoms with van der Waals surface area (Å²) in [5.74, 6) is 0.847. The molecule has 0 aromatic heterocycles. The average molecular weight is 557 g/mol. The van der Waals surface area contributed by atoms with Crippen LogP contribution in [0.2, 0.25) is 0 Å². The third kappa shape index (κ3) is 6.88. The topological polar surface area (TPSA) is 0 Å². The molecule has 0 radical (unpaired) electrons. The van der Waals surface area contributed by atoms with Crippen LogP contribution in [0.25, 0.3) is 22.3 Å². The Hall–Kier alpha value is -3.07. The molecule has 0 atom stereocenters. The van der Waals surface area contributed by atoms with Crippen LogP contribution >= 0.6 is 0 Å². The van der Waals surface area contributed by atoms with Crippen molar-refractivity contribution in [3.8, 4) is 22.3 Å². The van der Waals surface area contributed by atoms with Crippen molar-refractivity contribution in [2.24, 2.45) is 17.8 Å². The predicted molar refractivity (Wildman–Crippen MR) is 165 cm³/mol. The van der Waals surface area contributed by atoms with Gasteiger partial charge >= 0.3 is 0 Å². The number of hydrogen-bond donors (Lipinski definition) is 0. The third-order valence-electron chi connectivity index (χ3n) is 9.68. The molecule has 2 aliphatic rings. The van der Waals surface area contributed by atoms with Crippen LogP contribution in [-0.4, -0.2) is 0 Å². The smallest absolute Gasteiger partial charge is 0.166 e. The second-order valence-corrected chi connectivity index (χ2v) is 12.2. The van der Waals surface area contributed by atoms with E-state index in [-0.39, 0.29) is 17.3 Å². The average Bonchev–Trinajstić information content (AvgIpc) is 3.01. The summed E-state index contributed by atoms with van der Waals surface area (Å²) >= 11 is 0. The molecule has 2 aliphatic carbocycles. The SMILES string of the molecule is C=CC1CCC(C2CCC(c3ccc(-c4ccc(-c5ccc(C/C=C\CCC)c(F)c5F)cc4)cc3F)CC2)CC1. The van der Waals surface area contributed by atoms with E-state index in [1.807, 2.05) is 36.4 Å². The number of unbranched alkanes of at least 4 members (excludes halogenated alkanes) is 1. The van der Waals surface area contributed by atoms with Crippen molar-refractivity contribution in [1.82, 2.24) is 0 Å². The zero-order chi connectivity index (χ0) is 28.8. The second-order valence-electron chi connectivity index (χ2n) is 12.2. The van der Waals surface area contributed by atoms with Crippen molar-refractivity contribution in [1.29, 1.82) is 0 Å². The van der Waals surface area contributed by atoms with Gasteiger partial charge in [0.25, 0.3) is 0 Å². The lowest BCUT2D eigenvalue weighted by Gasteiger charge is -2.37. The van der Waals surface area contributed by atoms with Crippen molar-refractivity contribution in [3.63, 3.8) is 0 Å². The van der Waals surface area contributed by atoms with E-state index in [1.165, 1.54) is 38.5 Å². The quantitative estimate of drug-likeness (QED) is 0.230. The molecule has 0 unspecified atom stereocenters. The van der Waals surface area contributed by atoms with Gasteiger partial charge in [0.1, 0.15) is 5.82 Å². The summed E-state index contributed by atoms with van der Waals surface area (Å²) in [4.78, 5) is 0. The van der Waals surface area contributed by atoms with Crippen LogP contribution in [-0.2, 0) is 6.42 Å². The van der Waals surface area contributed by atoms with E-state index in [2.05, 4.69) is 19.6 Å². The fourth-order valence-electron chi connectivity index (χ4n) is 7.10. The minimum atomic E-state index is -0.825. The Labute approximate surface area is 244 Å². The zero-order valence-electron chi connectivity index (χ0n) is 24.4. The molecular weight excluding hydrogens is 513 g/mol. The highest BCUT2D eigenvalue weighted by molar-refractivity contribution is 5.71. The van der Waals surface area contributed by atoms with Gasteiger partial charge in [-0.2, -0.15) is 0 Å². The third-order valence-corrected chi connectivity index (χ3v) is 9.68. The van der Waals surface area contributed by atoms with Gasteiger partial charge in [-0.25, -0.2) is 13.2 Å². The molecule has 0 nitrogen and oxygen atoms in total. The van der Waals surface area contributed by atoms with E-state index in [0.717, 1.165) is 54.2 Å². The highest BCUT2D eigenvalue weighted by Gasteiger charge is 2.31. The summed E-state index contributed by atoms with van der Waals surface area (Å²) in [6.07, 6.45) is 18.1. The monoisotopic (exact) mass is 556 g/mol. The molecule has 0 amide bonds. The molecule has 5 rings (SSSR count). The normalized spacial score (nSPS) is 23.1. The number of rotatable bonds is 9. The van der Waals surface area contributed by atoms with Gasteiger partial charge in [-0.1, -0.05) is 80.1 Å². The standard InChI is InChI=1S/C38H43F3/c1-3-5-6-7-8-32-21-24-35(38(41)37(32)40)31-19-15-29(16-20-31)33-22-23-34(36(39)25-33)30-17-13-28(14-18-30)27-11-9-26(4-2)10-12-27/h4,6-7,15-16,19-28,30H,2-3,5,8-14,17-18H2,1H3/b7-6-. The van der Waals surface area contributed by atoms with Crippen LogP contribution in [0.4, 0.5) is 13.2 Å². The number of halogens is 3. The molecule has 0 N–H and O–H groups in total. The number of hydrogen-bond acceptors (Lipinski definition) is 0. The molecule has 0 spiro atoms. The summed E-state index contributed by atoms with van der Waals surface area (Å²) in [5, 5.41) is 0. The number of benzene rings is 3. The van der Waals surface area contributed by atoms with E-state index in [4.69, 9.17) is 0 Å². The maximum absolute atomic E-state index is 15.4. The first kappa shape index (κ1) is 29.4. The molecule has 0 bridgehead atoms. The van der Waals surface area contributed by atoms with Gasteiger partial charge in [0.2, 0.25) is 0 Å². The van der Waals surface area contributed by atoms with Crippen molar-refractivity contribution in [2.75, 3.05) is 0 Å². The van der Waals surface area contributed by atoms with Gasteiger partial charge < -0.3 is 0 Å². The molecular formula is C38H43F3. The summed E-state index contributed by atoms with van der Waals surface area (Å²) in [6.45, 7) is 6.05. The lowest BCUT2D eigenvalue weighted by atomic mass is 9.68. The first-order valence-electron chi connectivity index (χ1n) is 15.6. The van der Waals surface area contributed by atoms with Crippen molar-refractivity contribution in [3.05, 3.63) is 108 Å². The second kappa shape index (κ2) is 13.7. The molecule has 41 heavy (non-hydrogen) atoms. The molecule has 2 saturated carbocycles. The van der Waals surface area contributed by atoms with Gasteiger partial charge in [-0.05, 0) is 122 Å². The molecule has 0 aliphatic heterocycles. The van der Waals surface area contributed by atoms with E-state index < -0.39 is 11.6 Å². The van der Waals surface area contributed by atoms with E-state index in [1.54, 1.807) is 30.3 Å². The molecule has 0 heterocycles. The fourth-order valence-corrected chi connectivity index (χ4v) is 7.10. The van der Waals surface area contributed by atoms with Crippen molar-refractivity contribution >= 4 is 0 Å². The van der Waals surface area contributed by atoms with Crippen LogP contribution < -0.4 is 0 Å². The first-order valence-corrected chi connectivity index (χ1v) is 15.6. The molecule has 3 heteroatoms. The maximum Gasteiger partial charge on any atom is 0.166 e. The van der Waals surface area contributed by atoms with Crippen LogP contribution in [0.15, 0.2) is 79.4 Å². The van der Waals surface area contributed by atoms with Crippen LogP contribution in [0, 0.1) is 35.2 Å². The van der Waals surface area contributed by atoms with Gasteiger partial charge in [0, 0.05) is 5.56 Å². The van der Waals surface area contributed by atoms with Crippen LogP contribution in [0.1, 0.15) is 88.2 Å². The Balaban J connectivity index is 1.22. The minimum absolute atomic E-state index is 0.141. The predicted octanol–water partition coefficient (Wildman–Crippen LogP) is 11.6. The Morgan fingerprint density at radius 1 is 0.707 bits per heavy atom. The molecule has 2 fully saturated rings. The van der Waals surface area contributed by atoms with E-state index in [0.29, 0.717) is 23.5 Å². The van der Waals surface area contributed by atoms with Gasteiger partial charge in [0.15, 0.2) is 11.6 Å². The highest BCUT2D eigenvalue weighted by atomic mass is 19.2. The maximum atomic E-state index is 15.4. The van der Waals surface area contributed by atoms with E-state index >= 15 is 4.39 Å². The minimum Gasteiger partial charge on any atom is -0.207 e. The summed E-state index contributed by atoms with van der Waals surface area (Å²) in [6, 6.07) is 16.2. The zero-order valence-corrected chi connectivity index (χ0v) is 24.4. The molecule has 0 saturated heterocycles. The Bertz CT molecular complexity index is 1340. The van der Waals surface area contributed by atoms with Crippen molar-refractivity contribution in [2.45, 2.75) is 83.5 Å².